The van der Waals surface area contributed by atoms with Gasteiger partial charge in [0.2, 0.25) is 0 Å². The van der Waals surface area contributed by atoms with Crippen LogP contribution in [0.1, 0.15) is 47.7 Å². The largest absolute Gasteiger partial charge is 0.393 e. The summed E-state index contributed by atoms with van der Waals surface area (Å²) in [5.74, 6) is 1.97. The van der Waals surface area contributed by atoms with Crippen molar-refractivity contribution in [3.8, 4) is 0 Å². The maximum absolute atomic E-state index is 11.1. The Morgan fingerprint density at radius 1 is 1.33 bits per heavy atom. The number of aryl methyl sites for hydroxylation is 1. The number of rotatable bonds is 2. The second-order valence-corrected chi connectivity index (χ2v) is 5.74. The summed E-state index contributed by atoms with van der Waals surface area (Å²) in [6, 6.07) is 0. The van der Waals surface area contributed by atoms with Crippen LogP contribution in [0, 0.1) is 11.8 Å². The van der Waals surface area contributed by atoms with Gasteiger partial charge in [0.1, 0.15) is 5.82 Å². The first-order valence-corrected chi connectivity index (χ1v) is 6.55. The number of fused-ring (bicyclic) bond motifs is 1. The lowest BCUT2D eigenvalue weighted by molar-refractivity contribution is 0.112. The number of carbonyl (C=O) groups is 1. The highest BCUT2D eigenvalue weighted by molar-refractivity contribution is 5.83. The molecule has 0 amide bonds. The van der Waals surface area contributed by atoms with Gasteiger partial charge in [0.25, 0.3) is 0 Å². The van der Waals surface area contributed by atoms with E-state index >= 15 is 0 Å². The van der Waals surface area contributed by atoms with Crippen molar-refractivity contribution in [2.75, 3.05) is 5.73 Å². The van der Waals surface area contributed by atoms with Gasteiger partial charge in [-0.05, 0) is 37.5 Å². The standard InChI is InChI=1S/C13H19N3O2/c1-16-13(14)11(6-17)12(15-16)9-2-7-4-10(18)5-8(7)3-9/h6-10,18H,2-5,14H2,1H3. The number of aldehydes is 1. The van der Waals surface area contributed by atoms with Crippen molar-refractivity contribution in [1.29, 1.82) is 0 Å². The highest BCUT2D eigenvalue weighted by atomic mass is 16.3. The third kappa shape index (κ3) is 1.65. The molecule has 1 heterocycles. The van der Waals surface area contributed by atoms with E-state index in [0.29, 0.717) is 29.1 Å². The number of nitrogens with two attached hydrogens (primary N) is 1. The van der Waals surface area contributed by atoms with Gasteiger partial charge >= 0.3 is 0 Å². The summed E-state index contributed by atoms with van der Waals surface area (Å²) in [5, 5.41) is 14.1. The quantitative estimate of drug-likeness (QED) is 0.768. The van der Waals surface area contributed by atoms with E-state index in [1.807, 2.05) is 0 Å². The minimum Gasteiger partial charge on any atom is -0.393 e. The molecule has 18 heavy (non-hydrogen) atoms. The Bertz CT molecular complexity index is 469. The molecule has 0 aliphatic heterocycles. The third-order valence-electron chi connectivity index (χ3n) is 4.65. The fraction of sp³-hybridized carbons (Fsp3) is 0.692. The number of nitrogens with zero attached hydrogens (tertiary/aromatic N) is 2. The first kappa shape index (κ1) is 11.7. The zero-order valence-electron chi connectivity index (χ0n) is 10.5. The topological polar surface area (TPSA) is 81.1 Å². The number of aliphatic hydroxyl groups excluding tert-OH is 1. The molecule has 3 rings (SSSR count). The number of aromatic nitrogens is 2. The molecule has 2 saturated carbocycles. The monoisotopic (exact) mass is 249 g/mol. The molecular weight excluding hydrogens is 230 g/mol. The van der Waals surface area contributed by atoms with E-state index in [4.69, 9.17) is 5.73 Å². The molecule has 5 heteroatoms. The van der Waals surface area contributed by atoms with E-state index < -0.39 is 0 Å². The van der Waals surface area contributed by atoms with Crippen molar-refractivity contribution < 1.29 is 9.90 Å². The van der Waals surface area contributed by atoms with Crippen molar-refractivity contribution in [2.45, 2.75) is 37.7 Å². The van der Waals surface area contributed by atoms with Crippen LogP contribution in [0.15, 0.2) is 0 Å². The number of aliphatic hydroxyl groups is 1. The second-order valence-electron chi connectivity index (χ2n) is 5.74. The molecule has 0 saturated heterocycles. The van der Waals surface area contributed by atoms with E-state index in [9.17, 15) is 9.90 Å². The summed E-state index contributed by atoms with van der Waals surface area (Å²) in [6.07, 6.45) is 4.55. The van der Waals surface area contributed by atoms with Gasteiger partial charge < -0.3 is 10.8 Å². The van der Waals surface area contributed by atoms with Crippen LogP contribution in [-0.4, -0.2) is 27.3 Å². The van der Waals surface area contributed by atoms with Crippen LogP contribution >= 0.6 is 0 Å². The Kier molecular flexibility index (Phi) is 2.66. The summed E-state index contributed by atoms with van der Waals surface area (Å²) in [6.45, 7) is 0. The van der Waals surface area contributed by atoms with Crippen molar-refractivity contribution >= 4 is 12.1 Å². The van der Waals surface area contributed by atoms with Crippen molar-refractivity contribution in [1.82, 2.24) is 9.78 Å². The van der Waals surface area contributed by atoms with E-state index in [2.05, 4.69) is 5.10 Å². The third-order valence-corrected chi connectivity index (χ3v) is 4.65. The zero-order valence-corrected chi connectivity index (χ0v) is 10.5. The highest BCUT2D eigenvalue weighted by Gasteiger charge is 2.43. The number of hydrogen-bond acceptors (Lipinski definition) is 4. The predicted octanol–water partition coefficient (Wildman–Crippen LogP) is 1.08. The van der Waals surface area contributed by atoms with Gasteiger partial charge in [-0.1, -0.05) is 0 Å². The van der Waals surface area contributed by atoms with Crippen LogP contribution in [-0.2, 0) is 7.05 Å². The van der Waals surface area contributed by atoms with Gasteiger partial charge in [-0.25, -0.2) is 0 Å². The Balaban J connectivity index is 1.85. The summed E-state index contributed by atoms with van der Waals surface area (Å²) in [5.41, 5.74) is 7.26. The fourth-order valence-corrected chi connectivity index (χ4v) is 3.80. The summed E-state index contributed by atoms with van der Waals surface area (Å²) in [7, 11) is 1.77. The van der Waals surface area contributed by atoms with Gasteiger partial charge in [0.05, 0.1) is 17.4 Å². The van der Waals surface area contributed by atoms with Crippen molar-refractivity contribution in [2.24, 2.45) is 18.9 Å². The average molecular weight is 249 g/mol. The second kappa shape index (κ2) is 4.09. The summed E-state index contributed by atoms with van der Waals surface area (Å²) in [4.78, 5) is 11.1. The average Bonchev–Trinajstić information content (AvgIpc) is 2.92. The Labute approximate surface area is 106 Å². The van der Waals surface area contributed by atoms with Gasteiger partial charge in [-0.3, -0.25) is 9.48 Å². The lowest BCUT2D eigenvalue weighted by Crippen LogP contribution is -2.05. The molecule has 2 fully saturated rings. The normalized spacial score (nSPS) is 34.8. The van der Waals surface area contributed by atoms with Crippen LogP contribution in [0.4, 0.5) is 5.82 Å². The van der Waals surface area contributed by atoms with Gasteiger partial charge in [0.15, 0.2) is 6.29 Å². The molecule has 0 radical (unpaired) electrons. The van der Waals surface area contributed by atoms with Gasteiger partial charge in [-0.15, -0.1) is 0 Å². The number of anilines is 1. The van der Waals surface area contributed by atoms with Crippen molar-refractivity contribution in [3.63, 3.8) is 0 Å². The molecule has 1 aromatic heterocycles. The molecule has 0 spiro atoms. The highest BCUT2D eigenvalue weighted by Crippen LogP contribution is 2.50. The van der Waals surface area contributed by atoms with Crippen LogP contribution < -0.4 is 5.73 Å². The molecule has 2 atom stereocenters. The molecule has 3 N–H and O–H groups in total. The minimum atomic E-state index is -0.125. The van der Waals surface area contributed by atoms with E-state index in [0.717, 1.165) is 37.7 Å². The Morgan fingerprint density at radius 2 is 1.94 bits per heavy atom. The molecule has 0 bridgehead atoms. The van der Waals surface area contributed by atoms with E-state index in [1.165, 1.54) is 0 Å². The number of carbonyl (C=O) groups excluding carboxylic acids is 1. The van der Waals surface area contributed by atoms with Crippen LogP contribution in [0.5, 0.6) is 0 Å². The Morgan fingerprint density at radius 3 is 2.50 bits per heavy atom. The summed E-state index contributed by atoms with van der Waals surface area (Å²) < 4.78 is 1.59. The molecule has 98 valence electrons. The van der Waals surface area contributed by atoms with E-state index in [1.54, 1.807) is 11.7 Å². The van der Waals surface area contributed by atoms with E-state index in [-0.39, 0.29) is 6.10 Å². The van der Waals surface area contributed by atoms with Crippen molar-refractivity contribution in [3.05, 3.63) is 11.3 Å². The lowest BCUT2D eigenvalue weighted by Gasteiger charge is -2.10. The van der Waals surface area contributed by atoms with Gasteiger partial charge in [0, 0.05) is 13.0 Å². The first-order valence-electron chi connectivity index (χ1n) is 6.55. The molecule has 2 unspecified atom stereocenters. The maximum Gasteiger partial charge on any atom is 0.155 e. The fourth-order valence-electron chi connectivity index (χ4n) is 3.80. The molecule has 5 nitrogen and oxygen atoms in total. The SMILES string of the molecule is Cn1nc(C2CC3CC(O)CC3C2)c(C=O)c1N. The lowest BCUT2D eigenvalue weighted by atomic mass is 9.96. The number of hydrogen-bond donors (Lipinski definition) is 2. The Hall–Kier alpha value is -1.36. The molecule has 1 aromatic rings. The first-order chi connectivity index (χ1) is 8.60. The maximum atomic E-state index is 11.1. The smallest absolute Gasteiger partial charge is 0.155 e. The molecule has 2 aliphatic carbocycles. The van der Waals surface area contributed by atoms with Gasteiger partial charge in [-0.2, -0.15) is 5.10 Å². The molecule has 0 aromatic carbocycles. The van der Waals surface area contributed by atoms with Crippen LogP contribution in [0.2, 0.25) is 0 Å². The minimum absolute atomic E-state index is 0.125. The summed E-state index contributed by atoms with van der Waals surface area (Å²) >= 11 is 0. The number of nitrogen functional groups attached to an aromatic ring is 1. The molecular formula is C13H19N3O2. The zero-order chi connectivity index (χ0) is 12.9. The van der Waals surface area contributed by atoms with Crippen LogP contribution in [0.25, 0.3) is 0 Å². The predicted molar refractivity (Wildman–Crippen MR) is 67.2 cm³/mol. The van der Waals surface area contributed by atoms with Crippen LogP contribution in [0.3, 0.4) is 0 Å². The molecule has 2 aliphatic rings.